The van der Waals surface area contributed by atoms with Gasteiger partial charge >= 0.3 is 5.97 Å². The molecule has 1 aromatic heterocycles. The zero-order valence-electron chi connectivity index (χ0n) is 12.5. The lowest BCUT2D eigenvalue weighted by Gasteiger charge is -2.23. The first-order chi connectivity index (χ1) is 9.63. The van der Waals surface area contributed by atoms with E-state index in [9.17, 15) is 13.2 Å². The number of nitrogens with zero attached hydrogens (tertiary/aromatic N) is 1. The second-order valence-electron chi connectivity index (χ2n) is 6.26. The SMILES string of the molecule is Cc1sc(C(=O)O)cc1S(=O)(=O)N1CCCC(C)(C)CC1. The van der Waals surface area contributed by atoms with Crippen LogP contribution in [-0.4, -0.2) is 36.9 Å². The number of hydrogen-bond donors (Lipinski definition) is 1. The predicted molar refractivity (Wildman–Crippen MR) is 82.4 cm³/mol. The van der Waals surface area contributed by atoms with Crippen LogP contribution in [0.5, 0.6) is 0 Å². The van der Waals surface area contributed by atoms with Crippen molar-refractivity contribution in [3.8, 4) is 0 Å². The van der Waals surface area contributed by atoms with Crippen LogP contribution in [0, 0.1) is 12.3 Å². The fraction of sp³-hybridized carbons (Fsp3) is 0.643. The summed E-state index contributed by atoms with van der Waals surface area (Å²) < 4.78 is 27.0. The third-order valence-corrected chi connectivity index (χ3v) is 7.19. The normalized spacial score (nSPS) is 20.1. The molecule has 118 valence electrons. The van der Waals surface area contributed by atoms with Gasteiger partial charge in [-0.25, -0.2) is 13.2 Å². The molecular formula is C14H21NO4S2. The Balaban J connectivity index is 2.31. The summed E-state index contributed by atoms with van der Waals surface area (Å²) >= 11 is 1.01. The fourth-order valence-corrected chi connectivity index (χ4v) is 5.48. The van der Waals surface area contributed by atoms with Crippen molar-refractivity contribution in [3.05, 3.63) is 15.8 Å². The number of aryl methyl sites for hydroxylation is 1. The van der Waals surface area contributed by atoms with Crippen LogP contribution < -0.4 is 0 Å². The van der Waals surface area contributed by atoms with Gasteiger partial charge in [-0.05, 0) is 37.7 Å². The number of carbonyl (C=O) groups is 1. The van der Waals surface area contributed by atoms with Crippen LogP contribution in [0.2, 0.25) is 0 Å². The number of rotatable bonds is 3. The molecule has 5 nitrogen and oxygen atoms in total. The molecule has 2 rings (SSSR count). The Labute approximate surface area is 129 Å². The molecule has 0 aliphatic carbocycles. The average Bonchev–Trinajstić information content (AvgIpc) is 2.66. The molecule has 1 fully saturated rings. The largest absolute Gasteiger partial charge is 0.477 e. The van der Waals surface area contributed by atoms with Crippen molar-refractivity contribution in [2.45, 2.75) is 44.9 Å². The second-order valence-corrected chi connectivity index (χ2v) is 9.42. The van der Waals surface area contributed by atoms with Gasteiger partial charge in [0.15, 0.2) is 0 Å². The molecule has 0 radical (unpaired) electrons. The Bertz CT molecular complexity index is 646. The van der Waals surface area contributed by atoms with Gasteiger partial charge in [-0.2, -0.15) is 4.31 Å². The Kier molecular flexibility index (Phi) is 4.46. The van der Waals surface area contributed by atoms with E-state index in [2.05, 4.69) is 13.8 Å². The second kappa shape index (κ2) is 5.70. The summed E-state index contributed by atoms with van der Waals surface area (Å²) in [6, 6.07) is 1.29. The highest BCUT2D eigenvalue weighted by atomic mass is 32.2. The number of carboxylic acid groups (broad SMARTS) is 1. The van der Waals surface area contributed by atoms with E-state index < -0.39 is 16.0 Å². The van der Waals surface area contributed by atoms with Crippen LogP contribution in [0.1, 0.15) is 47.7 Å². The number of sulfonamides is 1. The standard InChI is InChI=1S/C14H21NO4S2/c1-10-12(9-11(20-10)13(16)17)21(18,19)15-7-4-5-14(2,3)6-8-15/h9H,4-8H2,1-3H3,(H,16,17). The first-order valence-corrected chi connectivity index (χ1v) is 9.23. The van der Waals surface area contributed by atoms with Gasteiger partial charge in [-0.1, -0.05) is 13.8 Å². The van der Waals surface area contributed by atoms with Crippen LogP contribution in [0.25, 0.3) is 0 Å². The van der Waals surface area contributed by atoms with E-state index in [1.807, 2.05) is 0 Å². The van der Waals surface area contributed by atoms with Gasteiger partial charge in [0.2, 0.25) is 10.0 Å². The topological polar surface area (TPSA) is 74.7 Å². The highest BCUT2D eigenvalue weighted by molar-refractivity contribution is 7.89. The molecule has 1 aliphatic rings. The van der Waals surface area contributed by atoms with E-state index in [1.165, 1.54) is 10.4 Å². The number of hydrogen-bond acceptors (Lipinski definition) is 4. The minimum Gasteiger partial charge on any atom is -0.477 e. The van der Waals surface area contributed by atoms with Crippen molar-refractivity contribution in [3.63, 3.8) is 0 Å². The van der Waals surface area contributed by atoms with Crippen LogP contribution >= 0.6 is 11.3 Å². The molecule has 21 heavy (non-hydrogen) atoms. The van der Waals surface area contributed by atoms with Gasteiger partial charge in [0, 0.05) is 18.0 Å². The molecule has 0 bridgehead atoms. The summed E-state index contributed by atoms with van der Waals surface area (Å²) in [4.78, 5) is 11.8. The zero-order chi connectivity index (χ0) is 15.8. The molecule has 0 spiro atoms. The van der Waals surface area contributed by atoms with Crippen molar-refractivity contribution in [2.24, 2.45) is 5.41 Å². The Morgan fingerprint density at radius 2 is 2.00 bits per heavy atom. The van der Waals surface area contributed by atoms with Crippen molar-refractivity contribution < 1.29 is 18.3 Å². The zero-order valence-corrected chi connectivity index (χ0v) is 14.2. The van der Waals surface area contributed by atoms with Crippen LogP contribution in [0.15, 0.2) is 11.0 Å². The molecule has 7 heteroatoms. The Morgan fingerprint density at radius 3 is 2.57 bits per heavy atom. The van der Waals surface area contributed by atoms with Gasteiger partial charge in [-0.15, -0.1) is 11.3 Å². The molecule has 1 saturated heterocycles. The van der Waals surface area contributed by atoms with Crippen molar-refractivity contribution in [2.75, 3.05) is 13.1 Å². The van der Waals surface area contributed by atoms with E-state index in [0.29, 0.717) is 18.0 Å². The van der Waals surface area contributed by atoms with Gasteiger partial charge in [-0.3, -0.25) is 0 Å². The fourth-order valence-electron chi connectivity index (χ4n) is 2.60. The van der Waals surface area contributed by atoms with Gasteiger partial charge in [0.1, 0.15) is 4.88 Å². The lowest BCUT2D eigenvalue weighted by atomic mass is 9.85. The maximum Gasteiger partial charge on any atom is 0.345 e. The molecule has 0 atom stereocenters. The molecule has 0 aromatic carbocycles. The Morgan fingerprint density at radius 1 is 1.33 bits per heavy atom. The molecule has 1 aromatic rings. The van der Waals surface area contributed by atoms with Crippen LogP contribution in [0.4, 0.5) is 0 Å². The lowest BCUT2D eigenvalue weighted by Crippen LogP contribution is -2.32. The molecular weight excluding hydrogens is 310 g/mol. The van der Waals surface area contributed by atoms with E-state index in [1.54, 1.807) is 6.92 Å². The average molecular weight is 331 g/mol. The summed E-state index contributed by atoms with van der Waals surface area (Å²) in [7, 11) is -3.60. The van der Waals surface area contributed by atoms with Gasteiger partial charge < -0.3 is 5.11 Å². The molecule has 0 saturated carbocycles. The number of carboxylic acids is 1. The number of aromatic carboxylic acids is 1. The summed E-state index contributed by atoms with van der Waals surface area (Å²) in [6.07, 6.45) is 2.66. The summed E-state index contributed by atoms with van der Waals surface area (Å²) in [5, 5.41) is 9.01. The number of thiophene rings is 1. The molecule has 0 unspecified atom stereocenters. The third kappa shape index (κ3) is 3.46. The first-order valence-electron chi connectivity index (χ1n) is 6.97. The van der Waals surface area contributed by atoms with E-state index in [4.69, 9.17) is 5.11 Å². The molecule has 2 heterocycles. The monoisotopic (exact) mass is 331 g/mol. The van der Waals surface area contributed by atoms with Crippen LogP contribution in [-0.2, 0) is 10.0 Å². The van der Waals surface area contributed by atoms with Gasteiger partial charge in [0.05, 0.1) is 4.90 Å². The quantitative estimate of drug-likeness (QED) is 0.924. The first kappa shape index (κ1) is 16.5. The minimum absolute atomic E-state index is 0.0706. The maximum atomic E-state index is 12.7. The van der Waals surface area contributed by atoms with Gasteiger partial charge in [0.25, 0.3) is 0 Å². The van der Waals surface area contributed by atoms with E-state index >= 15 is 0 Å². The summed E-state index contributed by atoms with van der Waals surface area (Å²) in [5.41, 5.74) is 0.153. The van der Waals surface area contributed by atoms with E-state index in [-0.39, 0.29) is 15.2 Å². The predicted octanol–water partition coefficient (Wildman–Crippen LogP) is 2.96. The van der Waals surface area contributed by atoms with Crippen molar-refractivity contribution in [1.29, 1.82) is 0 Å². The highest BCUT2D eigenvalue weighted by Crippen LogP contribution is 2.34. The minimum atomic E-state index is -3.60. The lowest BCUT2D eigenvalue weighted by molar-refractivity contribution is 0.0702. The Hall–Kier alpha value is -0.920. The van der Waals surface area contributed by atoms with Crippen molar-refractivity contribution >= 4 is 27.3 Å². The smallest absolute Gasteiger partial charge is 0.345 e. The maximum absolute atomic E-state index is 12.7. The summed E-state index contributed by atoms with van der Waals surface area (Å²) in [5.74, 6) is -1.08. The molecule has 1 N–H and O–H groups in total. The highest BCUT2D eigenvalue weighted by Gasteiger charge is 2.32. The summed E-state index contributed by atoms with van der Waals surface area (Å²) in [6.45, 7) is 6.96. The third-order valence-electron chi connectivity index (χ3n) is 4.00. The van der Waals surface area contributed by atoms with Crippen LogP contribution in [0.3, 0.4) is 0 Å². The van der Waals surface area contributed by atoms with Crippen molar-refractivity contribution in [1.82, 2.24) is 4.31 Å². The van der Waals surface area contributed by atoms with E-state index in [0.717, 1.165) is 30.6 Å². The molecule has 1 aliphatic heterocycles. The molecule has 0 amide bonds.